The van der Waals surface area contributed by atoms with Gasteiger partial charge in [-0.15, -0.1) is 10.2 Å². The number of amides is 1. The first kappa shape index (κ1) is 10.6. The minimum atomic E-state index is -1.26. The van der Waals surface area contributed by atoms with Gasteiger partial charge in [0.05, 0.1) is 0 Å². The average molecular weight is 225 g/mol. The van der Waals surface area contributed by atoms with E-state index in [1.165, 1.54) is 0 Å². The monoisotopic (exact) mass is 225 g/mol. The minimum Gasteiger partial charge on any atom is -0.476 e. The Hall–Kier alpha value is -1.96. The van der Waals surface area contributed by atoms with E-state index in [0.717, 1.165) is 0 Å². The van der Waals surface area contributed by atoms with Gasteiger partial charge in [-0.1, -0.05) is 0 Å². The predicted octanol–water partition coefficient (Wildman–Crippen LogP) is -1.45. The zero-order chi connectivity index (χ0) is 11.5. The molecule has 0 aliphatic carbocycles. The lowest BCUT2D eigenvalue weighted by Gasteiger charge is -2.26. The molecule has 0 spiro atoms. The molecule has 0 saturated carbocycles. The molecule has 1 fully saturated rings. The highest BCUT2D eigenvalue weighted by molar-refractivity contribution is 6.01. The molecule has 1 aliphatic rings. The van der Waals surface area contributed by atoms with Gasteiger partial charge in [-0.05, 0) is 0 Å². The number of nitrogens with one attached hydrogen (secondary N) is 2. The fraction of sp³-hybridized carbons (Fsp3) is 0.500. The zero-order valence-corrected chi connectivity index (χ0v) is 8.43. The minimum absolute atomic E-state index is 0.130. The molecule has 1 amide bonds. The Morgan fingerprint density at radius 1 is 1.19 bits per heavy atom. The van der Waals surface area contributed by atoms with Crippen LogP contribution in [0.4, 0.5) is 0 Å². The van der Waals surface area contributed by atoms with Crippen molar-refractivity contribution in [3.63, 3.8) is 0 Å². The molecule has 3 N–H and O–H groups in total. The van der Waals surface area contributed by atoms with Crippen LogP contribution < -0.4 is 5.32 Å². The number of piperazine rings is 1. The molecule has 0 radical (unpaired) electrons. The number of rotatable bonds is 2. The maximum absolute atomic E-state index is 11.9. The second kappa shape index (κ2) is 4.27. The number of carbonyl (C=O) groups is 2. The molecule has 2 rings (SSSR count). The third-order valence-electron chi connectivity index (χ3n) is 2.36. The van der Waals surface area contributed by atoms with E-state index in [4.69, 9.17) is 5.11 Å². The average Bonchev–Trinajstić information content (AvgIpc) is 2.78. The van der Waals surface area contributed by atoms with Crippen LogP contribution in [-0.2, 0) is 0 Å². The lowest BCUT2D eigenvalue weighted by atomic mass is 10.2. The fourth-order valence-electron chi connectivity index (χ4n) is 1.55. The van der Waals surface area contributed by atoms with E-state index in [-0.39, 0.29) is 11.4 Å². The van der Waals surface area contributed by atoms with Gasteiger partial charge in [0.25, 0.3) is 5.91 Å². The number of carboxylic acids is 1. The molecule has 1 saturated heterocycles. The van der Waals surface area contributed by atoms with Crippen molar-refractivity contribution in [2.24, 2.45) is 0 Å². The summed E-state index contributed by atoms with van der Waals surface area (Å²) in [7, 11) is 0. The van der Waals surface area contributed by atoms with Crippen LogP contribution in [0, 0.1) is 0 Å². The molecule has 0 aromatic carbocycles. The van der Waals surface area contributed by atoms with Gasteiger partial charge in [-0.3, -0.25) is 4.79 Å². The van der Waals surface area contributed by atoms with Crippen molar-refractivity contribution in [3.8, 4) is 0 Å². The topological polar surface area (TPSA) is 111 Å². The molecular weight excluding hydrogens is 214 g/mol. The van der Waals surface area contributed by atoms with Gasteiger partial charge in [0, 0.05) is 26.2 Å². The van der Waals surface area contributed by atoms with E-state index in [2.05, 4.69) is 20.7 Å². The SMILES string of the molecule is O=C(O)c1n[nH]nc1C(=O)N1CCNCC1. The highest BCUT2D eigenvalue weighted by Crippen LogP contribution is 2.06. The maximum atomic E-state index is 11.9. The number of aromatic nitrogens is 3. The summed E-state index contributed by atoms with van der Waals surface area (Å²) in [6.07, 6.45) is 0. The Kier molecular flexibility index (Phi) is 2.82. The van der Waals surface area contributed by atoms with Crippen molar-refractivity contribution in [1.82, 2.24) is 25.6 Å². The van der Waals surface area contributed by atoms with Crippen molar-refractivity contribution in [3.05, 3.63) is 11.4 Å². The normalized spacial score (nSPS) is 16.1. The van der Waals surface area contributed by atoms with Gasteiger partial charge in [-0.2, -0.15) is 5.21 Å². The number of hydrogen-bond donors (Lipinski definition) is 3. The Morgan fingerprint density at radius 3 is 2.44 bits per heavy atom. The summed E-state index contributed by atoms with van der Waals surface area (Å²) in [6.45, 7) is 2.49. The zero-order valence-electron chi connectivity index (χ0n) is 8.43. The lowest BCUT2D eigenvalue weighted by Crippen LogP contribution is -2.46. The molecule has 0 unspecified atom stereocenters. The predicted molar refractivity (Wildman–Crippen MR) is 52.1 cm³/mol. The third-order valence-corrected chi connectivity index (χ3v) is 2.36. The van der Waals surface area contributed by atoms with Crippen molar-refractivity contribution in [1.29, 1.82) is 0 Å². The number of carbonyl (C=O) groups excluding carboxylic acids is 1. The van der Waals surface area contributed by atoms with Crippen LogP contribution in [0.1, 0.15) is 21.0 Å². The van der Waals surface area contributed by atoms with Gasteiger partial charge >= 0.3 is 5.97 Å². The van der Waals surface area contributed by atoms with E-state index in [0.29, 0.717) is 26.2 Å². The summed E-state index contributed by atoms with van der Waals surface area (Å²) in [5, 5.41) is 21.1. The van der Waals surface area contributed by atoms with Gasteiger partial charge in [0.15, 0.2) is 5.69 Å². The van der Waals surface area contributed by atoms with E-state index in [9.17, 15) is 9.59 Å². The van der Waals surface area contributed by atoms with Gasteiger partial charge in [0.1, 0.15) is 0 Å². The molecule has 1 aliphatic heterocycles. The molecule has 16 heavy (non-hydrogen) atoms. The first-order chi connectivity index (χ1) is 7.70. The number of aromatic carboxylic acids is 1. The van der Waals surface area contributed by atoms with Crippen molar-refractivity contribution in [2.45, 2.75) is 0 Å². The Labute approximate surface area is 90.6 Å². The van der Waals surface area contributed by atoms with E-state index >= 15 is 0 Å². The summed E-state index contributed by atoms with van der Waals surface area (Å²) < 4.78 is 0. The molecule has 86 valence electrons. The summed E-state index contributed by atoms with van der Waals surface area (Å²) in [5.41, 5.74) is -0.460. The summed E-state index contributed by atoms with van der Waals surface area (Å²) >= 11 is 0. The number of H-pyrrole nitrogens is 1. The van der Waals surface area contributed by atoms with Gasteiger partial charge < -0.3 is 15.3 Å². The Morgan fingerprint density at radius 2 is 1.81 bits per heavy atom. The second-order valence-corrected chi connectivity index (χ2v) is 3.37. The molecule has 0 atom stereocenters. The summed E-state index contributed by atoms with van der Waals surface area (Å²) in [6, 6.07) is 0. The number of aromatic amines is 1. The standard InChI is InChI=1S/C8H11N5O3/c14-7(13-3-1-9-2-4-13)5-6(8(15)16)11-12-10-5/h9H,1-4H2,(H,15,16)(H,10,11,12). The van der Waals surface area contributed by atoms with Crippen LogP contribution in [-0.4, -0.2) is 63.5 Å². The van der Waals surface area contributed by atoms with Crippen molar-refractivity contribution in [2.75, 3.05) is 26.2 Å². The van der Waals surface area contributed by atoms with Gasteiger partial charge in [0.2, 0.25) is 5.69 Å². The Bertz CT molecular complexity index is 410. The first-order valence-corrected chi connectivity index (χ1v) is 4.84. The highest BCUT2D eigenvalue weighted by Gasteiger charge is 2.26. The third kappa shape index (κ3) is 1.87. The summed E-state index contributed by atoms with van der Waals surface area (Å²) in [5.74, 6) is -1.65. The van der Waals surface area contributed by atoms with Crippen LogP contribution in [0.5, 0.6) is 0 Å². The largest absolute Gasteiger partial charge is 0.476 e. The van der Waals surface area contributed by atoms with E-state index in [1.54, 1.807) is 4.90 Å². The maximum Gasteiger partial charge on any atom is 0.358 e. The number of carboxylic acid groups (broad SMARTS) is 1. The number of hydrogen-bond acceptors (Lipinski definition) is 5. The van der Waals surface area contributed by atoms with Crippen LogP contribution in [0.2, 0.25) is 0 Å². The van der Waals surface area contributed by atoms with E-state index < -0.39 is 11.9 Å². The van der Waals surface area contributed by atoms with E-state index in [1.807, 2.05) is 0 Å². The Balaban J connectivity index is 2.19. The molecule has 0 bridgehead atoms. The smallest absolute Gasteiger partial charge is 0.358 e. The quantitative estimate of drug-likeness (QED) is 0.567. The van der Waals surface area contributed by atoms with Crippen molar-refractivity contribution < 1.29 is 14.7 Å². The molecule has 8 nitrogen and oxygen atoms in total. The van der Waals surface area contributed by atoms with Crippen LogP contribution in [0.25, 0.3) is 0 Å². The molecule has 1 aromatic heterocycles. The second-order valence-electron chi connectivity index (χ2n) is 3.37. The molecule has 8 heteroatoms. The van der Waals surface area contributed by atoms with Crippen LogP contribution >= 0.6 is 0 Å². The summed E-state index contributed by atoms with van der Waals surface area (Å²) in [4.78, 5) is 24.2. The van der Waals surface area contributed by atoms with Crippen LogP contribution in [0.3, 0.4) is 0 Å². The van der Waals surface area contributed by atoms with Crippen LogP contribution in [0.15, 0.2) is 0 Å². The van der Waals surface area contributed by atoms with Crippen molar-refractivity contribution >= 4 is 11.9 Å². The van der Waals surface area contributed by atoms with Gasteiger partial charge in [-0.25, -0.2) is 4.79 Å². The lowest BCUT2D eigenvalue weighted by molar-refractivity contribution is 0.0663. The molecule has 2 heterocycles. The highest BCUT2D eigenvalue weighted by atomic mass is 16.4. The molecular formula is C8H11N5O3. The molecule has 1 aromatic rings. The first-order valence-electron chi connectivity index (χ1n) is 4.84. The fourth-order valence-corrected chi connectivity index (χ4v) is 1.55. The number of nitrogens with zero attached hydrogens (tertiary/aromatic N) is 3.